The molecule has 0 radical (unpaired) electrons. The average Bonchev–Trinajstić information content (AvgIpc) is 3.32. The van der Waals surface area contributed by atoms with Gasteiger partial charge in [0.2, 0.25) is 0 Å². The van der Waals surface area contributed by atoms with Crippen LogP contribution in [0.5, 0.6) is 0 Å². The van der Waals surface area contributed by atoms with Crippen molar-refractivity contribution in [2.75, 3.05) is 0 Å². The van der Waals surface area contributed by atoms with E-state index in [-0.39, 0.29) is 23.1 Å². The summed E-state index contributed by atoms with van der Waals surface area (Å²) in [5.74, 6) is 0. The van der Waals surface area contributed by atoms with Crippen molar-refractivity contribution in [1.82, 2.24) is 19.9 Å². The molecule has 0 saturated heterocycles. The van der Waals surface area contributed by atoms with Gasteiger partial charge in [-0.05, 0) is 24.3 Å². The first-order valence-electron chi connectivity index (χ1n) is 7.74. The Bertz CT molecular complexity index is 990. The van der Waals surface area contributed by atoms with Crippen molar-refractivity contribution in [3.63, 3.8) is 0 Å². The normalized spacial score (nSPS) is 12.2. The molecule has 5 heteroatoms. The maximum absolute atomic E-state index is 4.59. The summed E-state index contributed by atoms with van der Waals surface area (Å²) >= 11 is 0. The summed E-state index contributed by atoms with van der Waals surface area (Å²) in [4.78, 5) is 18.4. The first-order valence-corrected chi connectivity index (χ1v) is 7.74. The van der Waals surface area contributed by atoms with Crippen LogP contribution < -0.4 is 9.97 Å². The zero-order valence-corrected chi connectivity index (χ0v) is 14.8. The van der Waals surface area contributed by atoms with E-state index in [1.165, 1.54) is 0 Å². The predicted octanol–water partition coefficient (Wildman–Crippen LogP) is 3.53. The third kappa shape index (κ3) is 3.29. The molecule has 25 heavy (non-hydrogen) atoms. The Hall–Kier alpha value is -2.63. The second-order valence-electron chi connectivity index (χ2n) is 5.76. The molecular weight excluding hydrogens is 321 g/mol. The predicted molar refractivity (Wildman–Crippen MR) is 103 cm³/mol. The van der Waals surface area contributed by atoms with Crippen LogP contribution in [0.2, 0.25) is 0 Å². The Balaban J connectivity index is 0.00000157. The van der Waals surface area contributed by atoms with E-state index in [2.05, 4.69) is 19.9 Å². The first kappa shape index (κ1) is 15.9. The molecule has 0 aromatic carbocycles. The Labute approximate surface area is 160 Å². The zero-order valence-electron chi connectivity index (χ0n) is 13.4. The summed E-state index contributed by atoms with van der Waals surface area (Å²) in [6.45, 7) is 0. The van der Waals surface area contributed by atoms with E-state index in [1.807, 2.05) is 72.8 Å². The van der Waals surface area contributed by atoms with E-state index in [1.54, 1.807) is 0 Å². The van der Waals surface area contributed by atoms with Gasteiger partial charge >= 0.3 is 23.1 Å². The Morgan fingerprint density at radius 2 is 0.760 bits per heavy atom. The number of fused-ring (bicyclic) bond motifs is 8. The van der Waals surface area contributed by atoms with E-state index >= 15 is 0 Å². The third-order valence-electron chi connectivity index (χ3n) is 3.92. The minimum atomic E-state index is 0. The minimum absolute atomic E-state index is 0. The van der Waals surface area contributed by atoms with E-state index in [0.29, 0.717) is 0 Å². The molecule has 3 aromatic rings. The quantitative estimate of drug-likeness (QED) is 0.407. The summed E-state index contributed by atoms with van der Waals surface area (Å²) < 4.78 is 0. The van der Waals surface area contributed by atoms with Crippen LogP contribution >= 0.6 is 0 Å². The Morgan fingerprint density at radius 3 is 1.04 bits per heavy atom. The van der Waals surface area contributed by atoms with Crippen molar-refractivity contribution in [1.29, 1.82) is 0 Å². The van der Waals surface area contributed by atoms with Gasteiger partial charge in [-0.2, -0.15) is 0 Å². The van der Waals surface area contributed by atoms with Crippen molar-refractivity contribution >= 4 is 69.4 Å². The van der Waals surface area contributed by atoms with Gasteiger partial charge in [0.25, 0.3) is 0 Å². The fourth-order valence-electron chi connectivity index (χ4n) is 2.83. The van der Waals surface area contributed by atoms with Gasteiger partial charge in [0, 0.05) is 0 Å². The fourth-order valence-corrected chi connectivity index (χ4v) is 2.83. The Morgan fingerprint density at radius 1 is 0.480 bits per heavy atom. The molecule has 0 spiro atoms. The van der Waals surface area contributed by atoms with Gasteiger partial charge in [0.05, 0.1) is 22.8 Å². The van der Waals surface area contributed by atoms with Gasteiger partial charge < -0.3 is 9.97 Å². The Kier molecular flexibility index (Phi) is 4.03. The maximum Gasteiger partial charge on any atom is 2.00 e. The van der Waals surface area contributed by atoms with Crippen LogP contribution in [0.15, 0.2) is 48.5 Å². The van der Waals surface area contributed by atoms with Crippen molar-refractivity contribution in [3.05, 3.63) is 71.3 Å². The molecule has 0 aliphatic carbocycles. The summed E-state index contributed by atoms with van der Waals surface area (Å²) in [5, 5.41) is 0. The smallest absolute Gasteiger partial charge is 0.658 e. The molecule has 2 aliphatic rings. The molecule has 0 fully saturated rings. The third-order valence-corrected chi connectivity index (χ3v) is 3.92. The van der Waals surface area contributed by atoms with Crippen LogP contribution in [0.1, 0.15) is 22.8 Å². The van der Waals surface area contributed by atoms with Crippen molar-refractivity contribution < 1.29 is 0 Å². The van der Waals surface area contributed by atoms with Gasteiger partial charge in [-0.1, -0.05) is 48.5 Å². The van der Waals surface area contributed by atoms with Crippen LogP contribution in [0, 0.1) is 0 Å². The summed E-state index contributed by atoms with van der Waals surface area (Å²) in [6, 6.07) is 15.9. The van der Waals surface area contributed by atoms with Gasteiger partial charge in [0.1, 0.15) is 0 Å². The van der Waals surface area contributed by atoms with Gasteiger partial charge in [0.15, 0.2) is 0 Å². The van der Waals surface area contributed by atoms with Crippen LogP contribution in [0.3, 0.4) is 0 Å². The van der Waals surface area contributed by atoms with Crippen molar-refractivity contribution in [2.24, 2.45) is 0 Å². The van der Waals surface area contributed by atoms with Crippen LogP contribution in [-0.2, 0) is 0 Å². The number of hydrogen-bond acceptors (Lipinski definition) is 2. The van der Waals surface area contributed by atoms with E-state index < -0.39 is 0 Å². The molecule has 3 aromatic heterocycles. The molecular formula is C20H12MgN4. The summed E-state index contributed by atoms with van der Waals surface area (Å²) in [7, 11) is 0. The monoisotopic (exact) mass is 332 g/mol. The molecule has 0 unspecified atom stereocenters. The maximum atomic E-state index is 4.59. The van der Waals surface area contributed by atoms with Gasteiger partial charge in [-0.15, -0.1) is 22.1 Å². The second-order valence-corrected chi connectivity index (χ2v) is 5.76. The topological polar surface area (TPSA) is 54.0 Å². The number of aromatic nitrogens is 4. The van der Waals surface area contributed by atoms with Gasteiger partial charge in [-0.3, -0.25) is 0 Å². The summed E-state index contributed by atoms with van der Waals surface area (Å²) in [5.41, 5.74) is 7.15. The molecule has 0 N–H and O–H groups in total. The molecule has 114 valence electrons. The second kappa shape index (κ2) is 6.35. The van der Waals surface area contributed by atoms with E-state index in [4.69, 9.17) is 0 Å². The molecule has 5 heterocycles. The zero-order chi connectivity index (χ0) is 15.9. The largest absolute Gasteiger partial charge is 2.00 e. The number of nitrogens with zero attached hydrogens (tertiary/aromatic N) is 4. The summed E-state index contributed by atoms with van der Waals surface area (Å²) in [6.07, 6.45) is 7.95. The molecule has 4 nitrogen and oxygen atoms in total. The van der Waals surface area contributed by atoms with Crippen molar-refractivity contribution in [2.45, 2.75) is 0 Å². The van der Waals surface area contributed by atoms with Crippen LogP contribution in [-0.4, -0.2) is 33.0 Å². The molecule has 0 atom stereocenters. The number of rotatable bonds is 0. The first-order chi connectivity index (χ1) is 11.8. The fraction of sp³-hybridized carbons (Fsp3) is 0. The van der Waals surface area contributed by atoms with Crippen LogP contribution in [0.25, 0.3) is 46.4 Å². The van der Waals surface area contributed by atoms with E-state index in [9.17, 15) is 0 Å². The molecule has 2 aliphatic heterocycles. The molecule has 5 rings (SSSR count). The molecule has 0 amide bonds. The molecule has 8 bridgehead atoms. The standard InChI is InChI=1S/C20H12N4.Mg/c1-2-14-10-16-5-6-18(23-16)12-20-8-7-19(24-20)11-17-4-3-15(22-17)9-13(1)21-14;/h1-12H;/q-2;+2. The van der Waals surface area contributed by atoms with Gasteiger partial charge in [-0.25, -0.2) is 9.97 Å². The van der Waals surface area contributed by atoms with Crippen molar-refractivity contribution in [3.8, 4) is 0 Å². The SMILES string of the molecule is C1=Cc2cc3ccc(cc4nc(cc5ccc(cc1n2)[n-]5)C=C4)[n-]3.[Mg+2]. The minimum Gasteiger partial charge on any atom is -0.658 e. The number of hydrogen-bond donors (Lipinski definition) is 0. The average molecular weight is 333 g/mol. The van der Waals surface area contributed by atoms with Crippen LogP contribution in [0.4, 0.5) is 0 Å². The van der Waals surface area contributed by atoms with E-state index in [0.717, 1.165) is 44.8 Å². The molecule has 0 saturated carbocycles.